The van der Waals surface area contributed by atoms with E-state index in [0.717, 1.165) is 5.69 Å². The molecule has 0 aliphatic carbocycles. The van der Waals surface area contributed by atoms with Crippen LogP contribution in [0.25, 0.3) is 66.1 Å². The molecule has 11 rings (SSSR count). The quantitative estimate of drug-likeness (QED) is 0.161. The van der Waals surface area contributed by atoms with Gasteiger partial charge in [-0.25, -0.2) is 0 Å². The van der Waals surface area contributed by atoms with Crippen LogP contribution in [0.5, 0.6) is 0 Å². The molecule has 0 unspecified atom stereocenters. The first-order chi connectivity index (χ1) is 27.2. The largest absolute Gasteiger partial charge is 0.307 e. The van der Waals surface area contributed by atoms with Crippen molar-refractivity contribution in [2.45, 2.75) is 29.6 Å². The molecule has 260 valence electrons. The maximum Gasteiger partial charge on any atom is 0.245 e. The second-order valence-electron chi connectivity index (χ2n) is 15.0. The summed E-state index contributed by atoms with van der Waals surface area (Å²) >= 11 is 1.91. The SMILES string of the molecule is CC(C)c1cccc(-c2ccccc2)c1B1c2ccccc2Sc2cc(-n3c4ccccc4c4ccc5c6ccccc6n(-c6ccccc6)c5c43)ccc21. The fourth-order valence-corrected chi connectivity index (χ4v) is 10.5. The molecule has 0 radical (unpaired) electrons. The van der Waals surface area contributed by atoms with Crippen LogP contribution in [0.15, 0.2) is 192 Å². The van der Waals surface area contributed by atoms with Crippen LogP contribution in [-0.2, 0) is 0 Å². The van der Waals surface area contributed by atoms with E-state index in [4.69, 9.17) is 0 Å². The summed E-state index contributed by atoms with van der Waals surface area (Å²) in [6.45, 7) is 4.76. The number of para-hydroxylation sites is 3. The Morgan fingerprint density at radius 1 is 0.455 bits per heavy atom. The Morgan fingerprint density at radius 2 is 1.04 bits per heavy atom. The van der Waals surface area contributed by atoms with E-state index in [2.05, 4.69) is 205 Å². The Hall–Kier alpha value is -6.23. The van der Waals surface area contributed by atoms with Gasteiger partial charge in [-0.3, -0.25) is 0 Å². The van der Waals surface area contributed by atoms with Crippen molar-refractivity contribution in [3.05, 3.63) is 188 Å². The summed E-state index contributed by atoms with van der Waals surface area (Å²) in [5, 5.41) is 5.04. The van der Waals surface area contributed by atoms with Crippen molar-refractivity contribution in [2.75, 3.05) is 0 Å². The van der Waals surface area contributed by atoms with Crippen molar-refractivity contribution in [2.24, 2.45) is 0 Å². The minimum Gasteiger partial charge on any atom is -0.307 e. The van der Waals surface area contributed by atoms with Gasteiger partial charge in [0.25, 0.3) is 0 Å². The van der Waals surface area contributed by atoms with Crippen molar-refractivity contribution in [1.82, 2.24) is 9.13 Å². The molecule has 55 heavy (non-hydrogen) atoms. The van der Waals surface area contributed by atoms with E-state index in [-0.39, 0.29) is 6.71 Å². The third-order valence-electron chi connectivity index (χ3n) is 11.6. The van der Waals surface area contributed by atoms with Crippen molar-refractivity contribution >= 4 is 78.5 Å². The molecule has 0 amide bonds. The zero-order valence-corrected chi connectivity index (χ0v) is 31.6. The third-order valence-corrected chi connectivity index (χ3v) is 12.8. The van der Waals surface area contributed by atoms with Crippen molar-refractivity contribution < 1.29 is 0 Å². The average molecular weight is 721 g/mol. The van der Waals surface area contributed by atoms with Gasteiger partial charge in [0.1, 0.15) is 0 Å². The van der Waals surface area contributed by atoms with E-state index in [1.165, 1.54) is 92.2 Å². The van der Waals surface area contributed by atoms with Gasteiger partial charge in [-0.05, 0) is 65.1 Å². The van der Waals surface area contributed by atoms with Gasteiger partial charge in [0, 0.05) is 42.7 Å². The highest BCUT2D eigenvalue weighted by atomic mass is 32.2. The van der Waals surface area contributed by atoms with E-state index >= 15 is 0 Å². The van der Waals surface area contributed by atoms with E-state index in [1.807, 2.05) is 11.8 Å². The van der Waals surface area contributed by atoms with Gasteiger partial charge in [-0.15, -0.1) is 0 Å². The normalized spacial score (nSPS) is 12.6. The van der Waals surface area contributed by atoms with Gasteiger partial charge in [0.15, 0.2) is 0 Å². The van der Waals surface area contributed by atoms with Crippen LogP contribution in [0.4, 0.5) is 0 Å². The molecule has 0 N–H and O–H groups in total. The molecule has 4 heteroatoms. The Morgan fingerprint density at radius 3 is 1.73 bits per heavy atom. The minimum atomic E-state index is 0.0979. The topological polar surface area (TPSA) is 9.86 Å². The highest BCUT2D eigenvalue weighted by Gasteiger charge is 2.35. The number of rotatable bonds is 5. The number of fused-ring (bicyclic) bond motifs is 9. The van der Waals surface area contributed by atoms with Crippen molar-refractivity contribution in [1.29, 1.82) is 0 Å². The van der Waals surface area contributed by atoms with Crippen LogP contribution in [0.3, 0.4) is 0 Å². The van der Waals surface area contributed by atoms with Crippen LogP contribution in [0.1, 0.15) is 25.3 Å². The Kier molecular flexibility index (Phi) is 7.43. The second-order valence-corrected chi connectivity index (χ2v) is 16.1. The Balaban J connectivity index is 1.21. The fraction of sp³-hybridized carbons (Fsp3) is 0.0588. The lowest BCUT2D eigenvalue weighted by Crippen LogP contribution is -2.57. The number of hydrogen-bond acceptors (Lipinski definition) is 1. The zero-order valence-electron chi connectivity index (χ0n) is 30.8. The molecule has 8 aromatic carbocycles. The maximum absolute atomic E-state index is 2.53. The highest BCUT2D eigenvalue weighted by Crippen LogP contribution is 2.42. The van der Waals surface area contributed by atoms with Gasteiger partial charge in [0.2, 0.25) is 6.71 Å². The molecule has 0 saturated carbocycles. The summed E-state index contributed by atoms with van der Waals surface area (Å²) in [5.41, 5.74) is 15.4. The lowest BCUT2D eigenvalue weighted by atomic mass is 9.34. The minimum absolute atomic E-state index is 0.0979. The smallest absolute Gasteiger partial charge is 0.245 e. The van der Waals surface area contributed by atoms with E-state index in [9.17, 15) is 0 Å². The molecule has 2 nitrogen and oxygen atoms in total. The average Bonchev–Trinajstić information content (AvgIpc) is 3.76. The van der Waals surface area contributed by atoms with Crippen LogP contribution < -0.4 is 16.4 Å². The Labute approximate surface area is 325 Å². The van der Waals surface area contributed by atoms with Crippen LogP contribution >= 0.6 is 11.8 Å². The number of nitrogens with zero attached hydrogens (tertiary/aromatic N) is 2. The first kappa shape index (κ1) is 32.2. The summed E-state index contributed by atoms with van der Waals surface area (Å²) in [6, 6.07) is 67.4. The van der Waals surface area contributed by atoms with E-state index < -0.39 is 0 Å². The summed E-state index contributed by atoms with van der Waals surface area (Å²) < 4.78 is 4.99. The molecular weight excluding hydrogens is 683 g/mol. The zero-order chi connectivity index (χ0) is 36.6. The molecule has 2 aromatic heterocycles. The van der Waals surface area contributed by atoms with Crippen LogP contribution in [0, 0.1) is 0 Å². The van der Waals surface area contributed by atoms with E-state index in [1.54, 1.807) is 0 Å². The molecule has 0 fully saturated rings. The van der Waals surface area contributed by atoms with Crippen LogP contribution in [-0.4, -0.2) is 15.8 Å². The van der Waals surface area contributed by atoms with Gasteiger partial charge < -0.3 is 9.13 Å². The maximum atomic E-state index is 2.53. The first-order valence-electron chi connectivity index (χ1n) is 19.3. The number of aromatic nitrogens is 2. The van der Waals surface area contributed by atoms with Crippen molar-refractivity contribution in [3.63, 3.8) is 0 Å². The van der Waals surface area contributed by atoms with E-state index in [0.29, 0.717) is 5.92 Å². The lowest BCUT2D eigenvalue weighted by Gasteiger charge is -2.30. The molecular formula is C51H37BN2S. The summed E-state index contributed by atoms with van der Waals surface area (Å²) in [5.74, 6) is 0.375. The van der Waals surface area contributed by atoms with Gasteiger partial charge >= 0.3 is 0 Å². The third kappa shape index (κ3) is 4.91. The van der Waals surface area contributed by atoms with Crippen LogP contribution in [0.2, 0.25) is 0 Å². The Bertz CT molecular complexity index is 3100. The predicted octanol–water partition coefficient (Wildman–Crippen LogP) is 11.7. The fourth-order valence-electron chi connectivity index (χ4n) is 9.29. The highest BCUT2D eigenvalue weighted by molar-refractivity contribution is 8.00. The molecule has 3 heterocycles. The molecule has 0 atom stereocenters. The standard InChI is InChI=1S/C51H37BN2S/c1-33(2)37-22-15-23-38(34-16-5-3-6-17-34)49(37)52-43-24-11-14-27-47(43)55-48-32-36(28-31-44(48)52)54-46-26-13-10-21-40(46)42-30-29-41-39-20-9-12-25-45(39)53(50(41)51(42)54)35-18-7-4-8-19-35/h3-33H,1-2H3. The second kappa shape index (κ2) is 12.7. The predicted molar refractivity (Wildman–Crippen MR) is 236 cm³/mol. The lowest BCUT2D eigenvalue weighted by molar-refractivity contribution is 0.873. The molecule has 0 spiro atoms. The summed E-state index contributed by atoms with van der Waals surface area (Å²) in [4.78, 5) is 2.63. The van der Waals surface area contributed by atoms with Gasteiger partial charge in [0.05, 0.1) is 22.1 Å². The number of hydrogen-bond donors (Lipinski definition) is 0. The number of benzene rings is 8. The molecule has 1 aliphatic heterocycles. The monoisotopic (exact) mass is 720 g/mol. The molecule has 10 aromatic rings. The summed E-state index contributed by atoms with van der Waals surface area (Å²) in [7, 11) is 0. The summed E-state index contributed by atoms with van der Waals surface area (Å²) in [6.07, 6.45) is 0. The molecule has 0 bridgehead atoms. The van der Waals surface area contributed by atoms with Gasteiger partial charge in [-0.2, -0.15) is 0 Å². The van der Waals surface area contributed by atoms with Gasteiger partial charge in [-0.1, -0.05) is 182 Å². The molecule has 0 saturated heterocycles. The first-order valence-corrected chi connectivity index (χ1v) is 20.1. The van der Waals surface area contributed by atoms with Crippen molar-refractivity contribution in [3.8, 4) is 22.5 Å². The molecule has 1 aliphatic rings.